The minimum absolute atomic E-state index is 0.188. The molecule has 0 aliphatic carbocycles. The zero-order valence-corrected chi connectivity index (χ0v) is 5.13. The molecule has 0 aliphatic heterocycles. The molecule has 0 aliphatic rings. The van der Waals surface area contributed by atoms with Crippen LogP contribution in [0.25, 0.3) is 0 Å². The van der Waals surface area contributed by atoms with E-state index in [4.69, 9.17) is 5.11 Å². The van der Waals surface area contributed by atoms with Gasteiger partial charge in [0.1, 0.15) is 0 Å². The van der Waals surface area contributed by atoms with Gasteiger partial charge in [0, 0.05) is 6.42 Å². The van der Waals surface area contributed by atoms with E-state index in [9.17, 15) is 9.18 Å². The Kier molecular flexibility index (Phi) is 3.96. The molecule has 0 heterocycles. The van der Waals surface area contributed by atoms with Crippen LogP contribution in [0.15, 0.2) is 0 Å². The lowest BCUT2D eigenvalue weighted by Crippen LogP contribution is -2.21. The zero-order chi connectivity index (χ0) is 7.28. The van der Waals surface area contributed by atoms with E-state index in [0.29, 0.717) is 0 Å². The van der Waals surface area contributed by atoms with Crippen molar-refractivity contribution in [1.82, 2.24) is 0 Å². The maximum absolute atomic E-state index is 11.4. The van der Waals surface area contributed by atoms with E-state index in [1.165, 1.54) is 0 Å². The SMILES string of the molecule is COC(=O)[C@@H](O)CCF. The number of aliphatic hydroxyl groups excluding tert-OH is 1. The van der Waals surface area contributed by atoms with Crippen LogP contribution < -0.4 is 0 Å². The summed E-state index contributed by atoms with van der Waals surface area (Å²) in [6, 6.07) is 0. The predicted molar refractivity (Wildman–Crippen MR) is 28.6 cm³/mol. The Hall–Kier alpha value is -0.640. The number of ether oxygens (including phenoxy) is 1. The van der Waals surface area contributed by atoms with Crippen molar-refractivity contribution in [3.63, 3.8) is 0 Å². The van der Waals surface area contributed by atoms with E-state index in [1.54, 1.807) is 0 Å². The molecule has 0 rings (SSSR count). The summed E-state index contributed by atoms with van der Waals surface area (Å²) in [4.78, 5) is 10.3. The van der Waals surface area contributed by atoms with Crippen molar-refractivity contribution in [3.8, 4) is 0 Å². The average Bonchev–Trinajstić information content (AvgIpc) is 1.87. The number of methoxy groups -OCH3 is 1. The third-order valence-electron chi connectivity index (χ3n) is 0.856. The summed E-state index contributed by atoms with van der Waals surface area (Å²) in [5, 5.41) is 8.60. The molecule has 3 nitrogen and oxygen atoms in total. The molecule has 0 bridgehead atoms. The van der Waals surface area contributed by atoms with Gasteiger partial charge in [0.2, 0.25) is 0 Å². The second-order valence-electron chi connectivity index (χ2n) is 1.52. The molecule has 1 atom stereocenters. The van der Waals surface area contributed by atoms with Crippen molar-refractivity contribution in [2.45, 2.75) is 12.5 Å². The van der Waals surface area contributed by atoms with E-state index >= 15 is 0 Å². The largest absolute Gasteiger partial charge is 0.467 e. The average molecular weight is 136 g/mol. The highest BCUT2D eigenvalue weighted by molar-refractivity contribution is 5.74. The Bertz CT molecular complexity index is 94.2. The molecule has 0 fully saturated rings. The van der Waals surface area contributed by atoms with Gasteiger partial charge in [-0.15, -0.1) is 0 Å². The minimum atomic E-state index is -1.31. The third-order valence-corrected chi connectivity index (χ3v) is 0.856. The van der Waals surface area contributed by atoms with Gasteiger partial charge in [0.05, 0.1) is 13.8 Å². The second-order valence-corrected chi connectivity index (χ2v) is 1.52. The molecule has 0 saturated carbocycles. The third kappa shape index (κ3) is 3.03. The number of rotatable bonds is 3. The highest BCUT2D eigenvalue weighted by Gasteiger charge is 2.13. The van der Waals surface area contributed by atoms with E-state index < -0.39 is 18.7 Å². The zero-order valence-electron chi connectivity index (χ0n) is 5.13. The lowest BCUT2D eigenvalue weighted by molar-refractivity contribution is -0.150. The molecule has 0 unspecified atom stereocenters. The molecule has 0 saturated heterocycles. The van der Waals surface area contributed by atoms with Crippen molar-refractivity contribution in [2.75, 3.05) is 13.8 Å². The second kappa shape index (κ2) is 4.26. The fourth-order valence-corrected chi connectivity index (χ4v) is 0.357. The fourth-order valence-electron chi connectivity index (χ4n) is 0.357. The smallest absolute Gasteiger partial charge is 0.334 e. The van der Waals surface area contributed by atoms with Crippen LogP contribution in [0.5, 0.6) is 0 Å². The highest BCUT2D eigenvalue weighted by Crippen LogP contribution is 1.93. The number of hydrogen-bond acceptors (Lipinski definition) is 3. The topological polar surface area (TPSA) is 46.5 Å². The first-order valence-corrected chi connectivity index (χ1v) is 2.54. The summed E-state index contributed by atoms with van der Waals surface area (Å²) >= 11 is 0. The first-order chi connectivity index (χ1) is 4.22. The van der Waals surface area contributed by atoms with Crippen molar-refractivity contribution < 1.29 is 19.0 Å². The van der Waals surface area contributed by atoms with Crippen LogP contribution >= 0.6 is 0 Å². The van der Waals surface area contributed by atoms with Gasteiger partial charge in [-0.1, -0.05) is 0 Å². The Labute approximate surface area is 52.4 Å². The van der Waals surface area contributed by atoms with Crippen LogP contribution in [0, 0.1) is 0 Å². The van der Waals surface area contributed by atoms with Crippen molar-refractivity contribution >= 4 is 5.97 Å². The maximum Gasteiger partial charge on any atom is 0.334 e. The Morgan fingerprint density at radius 3 is 2.78 bits per heavy atom. The van der Waals surface area contributed by atoms with E-state index in [-0.39, 0.29) is 6.42 Å². The quantitative estimate of drug-likeness (QED) is 0.550. The van der Waals surface area contributed by atoms with Crippen molar-refractivity contribution in [1.29, 1.82) is 0 Å². The molecule has 4 heteroatoms. The van der Waals surface area contributed by atoms with Crippen molar-refractivity contribution in [2.24, 2.45) is 0 Å². The van der Waals surface area contributed by atoms with Crippen molar-refractivity contribution in [3.05, 3.63) is 0 Å². The lowest BCUT2D eigenvalue weighted by Gasteiger charge is -2.03. The predicted octanol–water partition coefficient (Wildman–Crippen LogP) is -0.120. The van der Waals surface area contributed by atoms with E-state index in [1.807, 2.05) is 0 Å². The number of alkyl halides is 1. The van der Waals surface area contributed by atoms with E-state index in [2.05, 4.69) is 4.74 Å². The van der Waals surface area contributed by atoms with Gasteiger partial charge in [-0.2, -0.15) is 0 Å². The first-order valence-electron chi connectivity index (χ1n) is 2.54. The lowest BCUT2D eigenvalue weighted by atomic mass is 10.3. The Balaban J connectivity index is 3.45. The number of hydrogen-bond donors (Lipinski definition) is 1. The molecule has 0 aromatic rings. The maximum atomic E-state index is 11.4. The first kappa shape index (κ1) is 8.36. The molecule has 1 N–H and O–H groups in total. The van der Waals surface area contributed by atoms with Crippen LogP contribution in [0.4, 0.5) is 4.39 Å². The monoisotopic (exact) mass is 136 g/mol. The highest BCUT2D eigenvalue weighted by atomic mass is 19.1. The molecule has 9 heavy (non-hydrogen) atoms. The summed E-state index contributed by atoms with van der Waals surface area (Å²) in [5.74, 6) is -0.785. The molecular weight excluding hydrogens is 127 g/mol. The number of carbonyl (C=O) groups is 1. The molecule has 0 spiro atoms. The van der Waals surface area contributed by atoms with Gasteiger partial charge >= 0.3 is 5.97 Å². The van der Waals surface area contributed by atoms with Gasteiger partial charge in [0.15, 0.2) is 6.10 Å². The number of aliphatic hydroxyl groups is 1. The molecule has 0 aromatic carbocycles. The van der Waals surface area contributed by atoms with Gasteiger partial charge < -0.3 is 9.84 Å². The fraction of sp³-hybridized carbons (Fsp3) is 0.800. The van der Waals surface area contributed by atoms with Crippen LogP contribution in [0.1, 0.15) is 6.42 Å². The summed E-state index contributed by atoms with van der Waals surface area (Å²) in [7, 11) is 1.14. The van der Waals surface area contributed by atoms with Crippen LogP contribution in [-0.2, 0) is 9.53 Å². The Morgan fingerprint density at radius 1 is 1.89 bits per heavy atom. The molecule has 0 amide bonds. The van der Waals surface area contributed by atoms with Gasteiger partial charge in [-0.25, -0.2) is 4.79 Å². The summed E-state index contributed by atoms with van der Waals surface area (Å²) in [5.41, 5.74) is 0. The standard InChI is InChI=1S/C5H9FO3/c1-9-5(8)4(7)2-3-6/h4,7H,2-3H2,1H3/t4-/m0/s1. The number of esters is 1. The van der Waals surface area contributed by atoms with Crippen LogP contribution in [0.3, 0.4) is 0 Å². The normalized spacial score (nSPS) is 12.8. The molecule has 54 valence electrons. The van der Waals surface area contributed by atoms with Crippen LogP contribution in [-0.4, -0.2) is 31.0 Å². The Morgan fingerprint density at radius 2 is 2.44 bits per heavy atom. The minimum Gasteiger partial charge on any atom is -0.467 e. The molecule has 0 radical (unpaired) electrons. The van der Waals surface area contributed by atoms with Gasteiger partial charge in [-0.05, 0) is 0 Å². The van der Waals surface area contributed by atoms with Gasteiger partial charge in [0.25, 0.3) is 0 Å². The van der Waals surface area contributed by atoms with Gasteiger partial charge in [-0.3, -0.25) is 4.39 Å². The van der Waals surface area contributed by atoms with E-state index in [0.717, 1.165) is 7.11 Å². The number of carbonyl (C=O) groups excluding carboxylic acids is 1. The summed E-state index contributed by atoms with van der Waals surface area (Å²) in [6.45, 7) is -0.712. The summed E-state index contributed by atoms with van der Waals surface area (Å²) < 4.78 is 15.5. The molecule has 0 aromatic heterocycles. The summed E-state index contributed by atoms with van der Waals surface area (Å²) in [6.07, 6.45) is -1.49. The molecular formula is C5H9FO3. The number of halogens is 1. The van der Waals surface area contributed by atoms with Crippen LogP contribution in [0.2, 0.25) is 0 Å².